The number of aromatic amines is 1. The van der Waals surface area contributed by atoms with Gasteiger partial charge in [-0.3, -0.25) is 9.59 Å². The van der Waals surface area contributed by atoms with Gasteiger partial charge in [-0.15, -0.1) is 0 Å². The number of likely N-dealkylation sites (tertiary alicyclic amines) is 1. The Bertz CT molecular complexity index is 851. The fourth-order valence-electron chi connectivity index (χ4n) is 3.35. The molecule has 144 valence electrons. The van der Waals surface area contributed by atoms with E-state index < -0.39 is 0 Å². The van der Waals surface area contributed by atoms with Gasteiger partial charge >= 0.3 is 0 Å². The van der Waals surface area contributed by atoms with E-state index in [2.05, 4.69) is 31.7 Å². The Hall–Kier alpha value is -2.90. The number of amides is 2. The standard InChI is InChI=1S/C19H26N6O2/c1-5-16(26)25-8-6-13(7-9-25)24(4)15-11-21-18-17(23-15)14(10-20-18)19(27)22-12(2)3/h5,10-13H,1,6-9H2,2-4H3,(H,20,21)(H,22,27). The zero-order chi connectivity index (χ0) is 19.6. The highest BCUT2D eigenvalue weighted by Gasteiger charge is 2.25. The molecule has 1 saturated heterocycles. The van der Waals surface area contributed by atoms with Crippen LogP contribution in [0, 0.1) is 0 Å². The fraction of sp³-hybridized carbons (Fsp3) is 0.474. The normalized spacial score (nSPS) is 15.2. The quantitative estimate of drug-likeness (QED) is 0.782. The summed E-state index contributed by atoms with van der Waals surface area (Å²) in [7, 11) is 1.98. The number of rotatable bonds is 5. The van der Waals surface area contributed by atoms with E-state index in [0.717, 1.165) is 12.8 Å². The van der Waals surface area contributed by atoms with Gasteiger partial charge in [0, 0.05) is 38.4 Å². The largest absolute Gasteiger partial charge is 0.355 e. The molecule has 0 aliphatic carbocycles. The fourth-order valence-corrected chi connectivity index (χ4v) is 3.35. The van der Waals surface area contributed by atoms with Gasteiger partial charge in [-0.25, -0.2) is 9.97 Å². The Morgan fingerprint density at radius 1 is 1.41 bits per heavy atom. The number of hydrogen-bond acceptors (Lipinski definition) is 5. The molecule has 0 unspecified atom stereocenters. The van der Waals surface area contributed by atoms with E-state index in [-0.39, 0.29) is 23.9 Å². The van der Waals surface area contributed by atoms with E-state index in [1.54, 1.807) is 12.4 Å². The van der Waals surface area contributed by atoms with E-state index in [4.69, 9.17) is 0 Å². The number of anilines is 1. The number of hydrogen-bond donors (Lipinski definition) is 2. The van der Waals surface area contributed by atoms with Crippen molar-refractivity contribution in [3.8, 4) is 0 Å². The van der Waals surface area contributed by atoms with Gasteiger partial charge in [-0.2, -0.15) is 0 Å². The van der Waals surface area contributed by atoms with Crippen molar-refractivity contribution in [1.82, 2.24) is 25.2 Å². The third-order valence-corrected chi connectivity index (χ3v) is 4.89. The molecular formula is C19H26N6O2. The summed E-state index contributed by atoms with van der Waals surface area (Å²) in [5.74, 6) is 0.529. The number of carbonyl (C=O) groups excluding carboxylic acids is 2. The van der Waals surface area contributed by atoms with Crippen LogP contribution in [0.1, 0.15) is 37.0 Å². The first-order chi connectivity index (χ1) is 12.9. The van der Waals surface area contributed by atoms with Gasteiger partial charge < -0.3 is 20.1 Å². The van der Waals surface area contributed by atoms with Crippen LogP contribution in [0.2, 0.25) is 0 Å². The second-order valence-electron chi connectivity index (χ2n) is 7.13. The summed E-state index contributed by atoms with van der Waals surface area (Å²) in [6.07, 6.45) is 6.42. The molecule has 2 aromatic rings. The summed E-state index contributed by atoms with van der Waals surface area (Å²) in [5, 5.41) is 2.88. The molecule has 0 atom stereocenters. The summed E-state index contributed by atoms with van der Waals surface area (Å²) in [5.41, 5.74) is 1.65. The summed E-state index contributed by atoms with van der Waals surface area (Å²) in [6.45, 7) is 8.77. The van der Waals surface area contributed by atoms with Gasteiger partial charge in [-0.05, 0) is 32.8 Å². The van der Waals surface area contributed by atoms with Crippen molar-refractivity contribution in [2.24, 2.45) is 0 Å². The Labute approximate surface area is 158 Å². The lowest BCUT2D eigenvalue weighted by atomic mass is 10.0. The minimum Gasteiger partial charge on any atom is -0.355 e. The number of H-pyrrole nitrogens is 1. The molecule has 3 heterocycles. The van der Waals surface area contributed by atoms with Gasteiger partial charge in [0.25, 0.3) is 5.91 Å². The lowest BCUT2D eigenvalue weighted by Crippen LogP contribution is -2.45. The Morgan fingerprint density at radius 2 is 2.11 bits per heavy atom. The zero-order valence-corrected chi connectivity index (χ0v) is 16.0. The Balaban J connectivity index is 1.77. The van der Waals surface area contributed by atoms with Crippen molar-refractivity contribution < 1.29 is 9.59 Å². The van der Waals surface area contributed by atoms with Crippen molar-refractivity contribution >= 4 is 28.8 Å². The molecule has 2 N–H and O–H groups in total. The minimum atomic E-state index is -0.165. The molecule has 0 radical (unpaired) electrons. The van der Waals surface area contributed by atoms with Gasteiger partial charge in [0.2, 0.25) is 5.91 Å². The number of nitrogens with zero attached hydrogens (tertiary/aromatic N) is 4. The molecule has 27 heavy (non-hydrogen) atoms. The smallest absolute Gasteiger partial charge is 0.255 e. The first kappa shape index (κ1) is 18.9. The molecule has 0 spiro atoms. The molecule has 2 amide bonds. The molecule has 0 saturated carbocycles. The lowest BCUT2D eigenvalue weighted by molar-refractivity contribution is -0.127. The summed E-state index contributed by atoms with van der Waals surface area (Å²) < 4.78 is 0. The van der Waals surface area contributed by atoms with E-state index in [1.165, 1.54) is 6.08 Å². The van der Waals surface area contributed by atoms with Crippen LogP contribution in [0.15, 0.2) is 25.0 Å². The van der Waals surface area contributed by atoms with Crippen LogP contribution in [0.3, 0.4) is 0 Å². The number of aromatic nitrogens is 3. The van der Waals surface area contributed by atoms with Crippen molar-refractivity contribution in [3.05, 3.63) is 30.6 Å². The lowest BCUT2D eigenvalue weighted by Gasteiger charge is -2.36. The van der Waals surface area contributed by atoms with Gasteiger partial charge in [0.05, 0.1) is 11.8 Å². The highest BCUT2D eigenvalue weighted by Crippen LogP contribution is 2.23. The maximum absolute atomic E-state index is 12.4. The monoisotopic (exact) mass is 370 g/mol. The van der Waals surface area contributed by atoms with E-state index in [9.17, 15) is 9.59 Å². The van der Waals surface area contributed by atoms with Crippen LogP contribution >= 0.6 is 0 Å². The number of nitrogens with one attached hydrogen (secondary N) is 2. The van der Waals surface area contributed by atoms with Crippen molar-refractivity contribution in [2.75, 3.05) is 25.0 Å². The van der Waals surface area contributed by atoms with Crippen LogP contribution in [-0.2, 0) is 4.79 Å². The average Bonchev–Trinajstić information content (AvgIpc) is 3.09. The summed E-state index contributed by atoms with van der Waals surface area (Å²) in [4.78, 5) is 40.1. The van der Waals surface area contributed by atoms with Gasteiger partial charge in [0.1, 0.15) is 11.3 Å². The maximum atomic E-state index is 12.4. The SMILES string of the molecule is C=CC(=O)N1CCC(N(C)c2cnc3[nH]cc(C(=O)NC(C)C)c3n2)CC1. The predicted molar refractivity (Wildman–Crippen MR) is 105 cm³/mol. The highest BCUT2D eigenvalue weighted by molar-refractivity contribution is 6.04. The molecule has 8 heteroatoms. The number of fused-ring (bicyclic) bond motifs is 1. The molecule has 1 aliphatic rings. The van der Waals surface area contributed by atoms with Crippen molar-refractivity contribution in [3.63, 3.8) is 0 Å². The Kier molecular flexibility index (Phi) is 5.43. The second kappa shape index (κ2) is 7.77. The van der Waals surface area contributed by atoms with Crippen LogP contribution < -0.4 is 10.2 Å². The zero-order valence-electron chi connectivity index (χ0n) is 16.0. The first-order valence-corrected chi connectivity index (χ1v) is 9.20. The Morgan fingerprint density at radius 3 is 2.74 bits per heavy atom. The van der Waals surface area contributed by atoms with Crippen LogP contribution in [0.5, 0.6) is 0 Å². The third-order valence-electron chi connectivity index (χ3n) is 4.89. The van der Waals surface area contributed by atoms with Crippen LogP contribution in [-0.4, -0.2) is 63.9 Å². The molecule has 2 aromatic heterocycles. The predicted octanol–water partition coefficient (Wildman–Crippen LogP) is 1.71. The third kappa shape index (κ3) is 3.94. The van der Waals surface area contributed by atoms with E-state index >= 15 is 0 Å². The van der Waals surface area contributed by atoms with Crippen molar-refractivity contribution in [2.45, 2.75) is 38.8 Å². The number of carbonyl (C=O) groups is 2. The van der Waals surface area contributed by atoms with Crippen molar-refractivity contribution in [1.29, 1.82) is 0 Å². The topological polar surface area (TPSA) is 94.2 Å². The molecule has 3 rings (SSSR count). The van der Waals surface area contributed by atoms with Crippen LogP contribution in [0.4, 0.5) is 5.82 Å². The molecule has 0 bridgehead atoms. The molecular weight excluding hydrogens is 344 g/mol. The molecule has 1 aliphatic heterocycles. The average molecular weight is 370 g/mol. The molecule has 8 nitrogen and oxygen atoms in total. The molecule has 1 fully saturated rings. The second-order valence-corrected chi connectivity index (χ2v) is 7.13. The summed E-state index contributed by atoms with van der Waals surface area (Å²) >= 11 is 0. The minimum absolute atomic E-state index is 0.0227. The van der Waals surface area contributed by atoms with Gasteiger partial charge in [-0.1, -0.05) is 6.58 Å². The van der Waals surface area contributed by atoms with E-state index in [1.807, 2.05) is 25.8 Å². The van der Waals surface area contributed by atoms with Gasteiger partial charge in [0.15, 0.2) is 5.65 Å². The maximum Gasteiger partial charge on any atom is 0.255 e. The highest BCUT2D eigenvalue weighted by atomic mass is 16.2. The van der Waals surface area contributed by atoms with Crippen LogP contribution in [0.25, 0.3) is 11.2 Å². The molecule has 0 aromatic carbocycles. The van der Waals surface area contributed by atoms with E-state index in [0.29, 0.717) is 35.6 Å². The first-order valence-electron chi connectivity index (χ1n) is 9.20. The summed E-state index contributed by atoms with van der Waals surface area (Å²) in [6, 6.07) is 0.308. The number of piperidine rings is 1.